The van der Waals surface area contributed by atoms with Gasteiger partial charge < -0.3 is 24.4 Å². The van der Waals surface area contributed by atoms with Gasteiger partial charge in [-0.1, -0.05) is 26.0 Å². The maximum absolute atomic E-state index is 14.9. The van der Waals surface area contributed by atoms with E-state index in [-0.39, 0.29) is 29.6 Å². The van der Waals surface area contributed by atoms with Crippen molar-refractivity contribution < 1.29 is 18.7 Å². The predicted molar refractivity (Wildman–Crippen MR) is 202 cm³/mol. The van der Waals surface area contributed by atoms with E-state index in [4.69, 9.17) is 14.7 Å². The molecule has 9 rings (SSSR count). The number of carbonyl (C=O) groups is 2. The molecule has 1 unspecified atom stereocenters. The average molecular weight is 721 g/mol. The minimum absolute atomic E-state index is 0.0317. The van der Waals surface area contributed by atoms with Gasteiger partial charge in [-0.05, 0) is 88.6 Å². The molecule has 53 heavy (non-hydrogen) atoms. The first-order chi connectivity index (χ1) is 25.4. The fraction of sp³-hybridized carbons (Fsp3) is 0.537. The van der Waals surface area contributed by atoms with Gasteiger partial charge in [-0.2, -0.15) is 0 Å². The molecule has 1 N–H and O–H groups in total. The molecular weight excluding hydrogens is 672 g/mol. The molecule has 4 aromatic rings. The SMILES string of the molecule is CC(C)n1cnc2cc(-c3ccc4c(c3)N(C3CC(N5CCC(C)(C)C5)C3)C(=O)C43CCN(C(=O)C4(C)CCO4)CC3)nc(Nc3ccncc3F)c21. The summed E-state index contributed by atoms with van der Waals surface area (Å²) in [6.45, 7) is 14.6. The molecule has 1 aromatic carbocycles. The molecule has 12 heteroatoms. The first-order valence-corrected chi connectivity index (χ1v) is 19.3. The number of anilines is 3. The number of imidazole rings is 1. The number of hydrogen-bond donors (Lipinski definition) is 1. The number of nitrogens with one attached hydrogen (secondary N) is 1. The van der Waals surface area contributed by atoms with Gasteiger partial charge in [0.05, 0.1) is 41.4 Å². The second-order valence-electron chi connectivity index (χ2n) is 17.2. The Kier molecular flexibility index (Phi) is 7.98. The van der Waals surface area contributed by atoms with Crippen molar-refractivity contribution >= 4 is 40.0 Å². The number of hydrogen-bond acceptors (Lipinski definition) is 8. The van der Waals surface area contributed by atoms with Crippen LogP contribution in [-0.2, 0) is 19.7 Å². The minimum Gasteiger partial charge on any atom is -0.365 e. The minimum atomic E-state index is -0.746. The quantitative estimate of drug-likeness (QED) is 0.228. The monoisotopic (exact) mass is 720 g/mol. The number of amides is 2. The Labute approximate surface area is 309 Å². The number of benzene rings is 1. The van der Waals surface area contributed by atoms with Crippen molar-refractivity contribution in [1.82, 2.24) is 29.3 Å². The van der Waals surface area contributed by atoms with Crippen molar-refractivity contribution in [2.75, 3.05) is 43.0 Å². The van der Waals surface area contributed by atoms with Gasteiger partial charge in [-0.15, -0.1) is 0 Å². The fourth-order valence-electron chi connectivity index (χ4n) is 9.42. The number of halogens is 1. The molecule has 0 radical (unpaired) electrons. The lowest BCUT2D eigenvalue weighted by atomic mass is 9.73. The van der Waals surface area contributed by atoms with Crippen LogP contribution >= 0.6 is 0 Å². The summed E-state index contributed by atoms with van der Waals surface area (Å²) in [6, 6.07) is 10.6. The summed E-state index contributed by atoms with van der Waals surface area (Å²) in [4.78, 5) is 48.7. The molecule has 0 bridgehead atoms. The Balaban J connectivity index is 1.08. The highest BCUT2D eigenvalue weighted by molar-refractivity contribution is 6.09. The number of nitrogens with zero attached hydrogens (tertiary/aromatic N) is 7. The number of rotatable bonds is 7. The van der Waals surface area contributed by atoms with Crippen LogP contribution in [0.25, 0.3) is 22.3 Å². The molecule has 5 aliphatic rings. The third kappa shape index (κ3) is 5.54. The van der Waals surface area contributed by atoms with Gasteiger partial charge in [-0.3, -0.25) is 19.5 Å². The van der Waals surface area contributed by atoms with E-state index in [1.165, 1.54) is 12.6 Å². The molecule has 11 nitrogen and oxygen atoms in total. The number of piperidine rings is 1. The van der Waals surface area contributed by atoms with Gasteiger partial charge in [0.15, 0.2) is 11.6 Å². The van der Waals surface area contributed by atoms with E-state index in [0.717, 1.165) is 60.2 Å². The lowest BCUT2D eigenvalue weighted by molar-refractivity contribution is -0.183. The van der Waals surface area contributed by atoms with Crippen molar-refractivity contribution in [1.29, 1.82) is 0 Å². The normalized spacial score (nSPS) is 26.3. The van der Waals surface area contributed by atoms with E-state index in [1.54, 1.807) is 18.6 Å². The Morgan fingerprint density at radius 3 is 2.45 bits per heavy atom. The second-order valence-corrected chi connectivity index (χ2v) is 17.2. The Bertz CT molecular complexity index is 2110. The third-order valence-electron chi connectivity index (χ3n) is 12.9. The highest BCUT2D eigenvalue weighted by Crippen LogP contribution is 2.53. The summed E-state index contributed by atoms with van der Waals surface area (Å²) < 4.78 is 22.6. The Morgan fingerprint density at radius 1 is 1.02 bits per heavy atom. The summed E-state index contributed by atoms with van der Waals surface area (Å²) in [5.74, 6) is 0.209. The largest absolute Gasteiger partial charge is 0.365 e. The van der Waals surface area contributed by atoms with Crippen LogP contribution in [0.1, 0.15) is 84.7 Å². The van der Waals surface area contributed by atoms with Gasteiger partial charge >= 0.3 is 0 Å². The number of aromatic nitrogens is 4. The van der Waals surface area contributed by atoms with E-state index in [9.17, 15) is 14.0 Å². The molecule has 4 aliphatic heterocycles. The lowest BCUT2D eigenvalue weighted by Gasteiger charge is -2.47. The first-order valence-electron chi connectivity index (χ1n) is 19.3. The standard InChI is InChI=1S/C41H49FN8O3/c1-25(2)49-24-44-33-21-32(46-36(35(33)49)45-31-8-13-43-22-30(31)42)26-6-7-29-34(18-26)50(28-19-27(20-28)48-14-9-39(3,4)23-48)38(52)41(29)10-15-47(16-11-41)37(51)40(5)12-17-53-40/h6-8,13,18,21-22,24-25,27-28H,9-12,14-17,19-20,23H2,1-5H3,(H,43,45,46). The second kappa shape index (κ2) is 12.3. The van der Waals surface area contributed by atoms with E-state index in [1.807, 2.05) is 22.5 Å². The topological polar surface area (TPSA) is 109 Å². The summed E-state index contributed by atoms with van der Waals surface area (Å²) in [6.07, 6.45) is 9.51. The number of pyridine rings is 2. The lowest BCUT2D eigenvalue weighted by Crippen LogP contribution is -2.60. The predicted octanol–water partition coefficient (Wildman–Crippen LogP) is 6.61. The fourth-order valence-corrected chi connectivity index (χ4v) is 9.42. The zero-order chi connectivity index (χ0) is 36.9. The van der Waals surface area contributed by atoms with Gasteiger partial charge in [0.25, 0.3) is 5.91 Å². The van der Waals surface area contributed by atoms with Gasteiger partial charge in [0, 0.05) is 61.6 Å². The highest BCUT2D eigenvalue weighted by atomic mass is 19.1. The van der Waals surface area contributed by atoms with Crippen molar-refractivity contribution in [3.63, 3.8) is 0 Å². The molecule has 2 amide bonds. The van der Waals surface area contributed by atoms with Crippen LogP contribution in [0.4, 0.5) is 21.6 Å². The summed E-state index contributed by atoms with van der Waals surface area (Å²) in [5.41, 5.74) is 4.20. The smallest absolute Gasteiger partial charge is 0.254 e. The molecule has 4 fully saturated rings. The molecule has 7 heterocycles. The van der Waals surface area contributed by atoms with Gasteiger partial charge in [-0.25, -0.2) is 14.4 Å². The maximum atomic E-state index is 14.9. The van der Waals surface area contributed by atoms with Gasteiger partial charge in [0.1, 0.15) is 11.1 Å². The summed E-state index contributed by atoms with van der Waals surface area (Å²) >= 11 is 0. The highest BCUT2D eigenvalue weighted by Gasteiger charge is 2.57. The molecule has 1 spiro atoms. The van der Waals surface area contributed by atoms with Crippen LogP contribution in [-0.4, -0.2) is 91.6 Å². The Hall–Kier alpha value is -4.42. The van der Waals surface area contributed by atoms with Crippen LogP contribution in [0.15, 0.2) is 49.1 Å². The third-order valence-corrected chi connectivity index (χ3v) is 12.9. The molecule has 3 aromatic heterocycles. The molecule has 1 saturated carbocycles. The number of likely N-dealkylation sites (tertiary alicyclic amines) is 2. The van der Waals surface area contributed by atoms with Crippen LogP contribution in [0.5, 0.6) is 0 Å². The van der Waals surface area contributed by atoms with Crippen molar-refractivity contribution in [2.24, 2.45) is 5.41 Å². The van der Waals surface area contributed by atoms with Crippen LogP contribution < -0.4 is 10.2 Å². The molecule has 1 atom stereocenters. The average Bonchev–Trinajstić information content (AvgIpc) is 3.77. The van der Waals surface area contributed by atoms with E-state index in [0.29, 0.717) is 55.5 Å². The first kappa shape index (κ1) is 34.4. The van der Waals surface area contributed by atoms with Crippen molar-refractivity contribution in [3.8, 4) is 11.3 Å². The summed E-state index contributed by atoms with van der Waals surface area (Å²) in [7, 11) is 0. The summed E-state index contributed by atoms with van der Waals surface area (Å²) in [5, 5.41) is 3.23. The van der Waals surface area contributed by atoms with Gasteiger partial charge in [0.2, 0.25) is 5.91 Å². The molecular formula is C41H49FN8O3. The molecule has 3 saturated heterocycles. The van der Waals surface area contributed by atoms with Crippen molar-refractivity contribution in [2.45, 2.75) is 102 Å². The Morgan fingerprint density at radius 2 is 1.79 bits per heavy atom. The van der Waals surface area contributed by atoms with E-state index < -0.39 is 16.8 Å². The number of fused-ring (bicyclic) bond motifs is 3. The zero-order valence-electron chi connectivity index (χ0n) is 31.4. The van der Waals surface area contributed by atoms with Crippen LogP contribution in [0.2, 0.25) is 0 Å². The maximum Gasteiger partial charge on any atom is 0.254 e. The van der Waals surface area contributed by atoms with Crippen molar-refractivity contribution in [3.05, 3.63) is 60.4 Å². The van der Waals surface area contributed by atoms with Crippen LogP contribution in [0.3, 0.4) is 0 Å². The molecule has 278 valence electrons. The van der Waals surface area contributed by atoms with E-state index >= 15 is 0 Å². The zero-order valence-corrected chi connectivity index (χ0v) is 31.4. The number of carbonyl (C=O) groups excluding carboxylic acids is 2. The molecule has 1 aliphatic carbocycles. The van der Waals surface area contributed by atoms with Crippen LogP contribution in [0, 0.1) is 11.2 Å². The van der Waals surface area contributed by atoms with E-state index in [2.05, 4.69) is 66.0 Å². The number of ether oxygens (including phenoxy) is 1.